The highest BCUT2D eigenvalue weighted by molar-refractivity contribution is 7.80. The summed E-state index contributed by atoms with van der Waals surface area (Å²) in [6.07, 6.45) is 1.08. The summed E-state index contributed by atoms with van der Waals surface area (Å²) in [5.74, 6) is 1.92. The quantitative estimate of drug-likeness (QED) is 0.249. The third kappa shape index (κ3) is 6.29. The van der Waals surface area contributed by atoms with Gasteiger partial charge in [0, 0.05) is 16.8 Å². The predicted molar refractivity (Wildman–Crippen MR) is 149 cm³/mol. The van der Waals surface area contributed by atoms with E-state index in [1.165, 1.54) is 5.56 Å². The van der Waals surface area contributed by atoms with Crippen LogP contribution in [0.15, 0.2) is 71.1 Å². The lowest BCUT2D eigenvalue weighted by Crippen LogP contribution is -2.34. The lowest BCUT2D eigenvalue weighted by Gasteiger charge is -2.11. The number of amides is 1. The fourth-order valence-corrected chi connectivity index (χ4v) is 3.82. The number of carbonyl (C=O) groups excluding carboxylic acids is 1. The van der Waals surface area contributed by atoms with Gasteiger partial charge in [-0.3, -0.25) is 10.1 Å². The lowest BCUT2D eigenvalue weighted by atomic mass is 9.98. The van der Waals surface area contributed by atoms with Crippen LogP contribution in [0.5, 0.6) is 5.75 Å². The Morgan fingerprint density at radius 3 is 2.42 bits per heavy atom. The van der Waals surface area contributed by atoms with E-state index in [0.717, 1.165) is 34.5 Å². The standard InChI is InChI=1S/C29H31N3O3S/c1-5-19(4)22-10-15-26-25(16-22)31-28(35-26)21-6-11-23(12-7-21)30-29(36)32-27(33)20-8-13-24(14-9-20)34-17-18(2)3/h6-16,18-19H,5,17H2,1-4H3,(H2,30,32,33,36)/t19-/m0/s1. The number of nitrogens with one attached hydrogen (secondary N) is 2. The van der Waals surface area contributed by atoms with Crippen molar-refractivity contribution in [3.05, 3.63) is 77.9 Å². The van der Waals surface area contributed by atoms with E-state index in [-0.39, 0.29) is 11.0 Å². The summed E-state index contributed by atoms with van der Waals surface area (Å²) in [7, 11) is 0. The average molecular weight is 502 g/mol. The molecule has 36 heavy (non-hydrogen) atoms. The molecule has 3 aromatic carbocycles. The Hall–Kier alpha value is -3.71. The van der Waals surface area contributed by atoms with E-state index in [2.05, 4.69) is 55.4 Å². The molecule has 0 bridgehead atoms. The van der Waals surface area contributed by atoms with Gasteiger partial charge in [-0.2, -0.15) is 0 Å². The van der Waals surface area contributed by atoms with E-state index in [1.54, 1.807) is 24.3 Å². The molecule has 0 aliphatic carbocycles. The van der Waals surface area contributed by atoms with Crippen molar-refractivity contribution in [3.63, 3.8) is 0 Å². The van der Waals surface area contributed by atoms with Crippen LogP contribution in [0.3, 0.4) is 0 Å². The van der Waals surface area contributed by atoms with Crippen LogP contribution in [0.4, 0.5) is 5.69 Å². The molecule has 0 saturated heterocycles. The molecule has 0 unspecified atom stereocenters. The minimum absolute atomic E-state index is 0.215. The van der Waals surface area contributed by atoms with Gasteiger partial charge in [-0.05, 0) is 96.7 Å². The molecule has 1 aromatic heterocycles. The number of carbonyl (C=O) groups is 1. The molecule has 0 saturated carbocycles. The first-order chi connectivity index (χ1) is 17.3. The monoisotopic (exact) mass is 501 g/mol. The van der Waals surface area contributed by atoms with Crippen molar-refractivity contribution in [2.24, 2.45) is 5.92 Å². The van der Waals surface area contributed by atoms with E-state index in [4.69, 9.17) is 21.4 Å². The Morgan fingerprint density at radius 1 is 1.03 bits per heavy atom. The van der Waals surface area contributed by atoms with Crippen LogP contribution in [0.2, 0.25) is 0 Å². The molecular weight excluding hydrogens is 470 g/mol. The fourth-order valence-electron chi connectivity index (χ4n) is 3.61. The number of thiocarbonyl (C=S) groups is 1. The van der Waals surface area contributed by atoms with Crippen molar-refractivity contribution in [2.75, 3.05) is 11.9 Å². The second kappa shape index (κ2) is 11.4. The van der Waals surface area contributed by atoms with Crippen molar-refractivity contribution < 1.29 is 13.9 Å². The van der Waals surface area contributed by atoms with Gasteiger partial charge in [0.15, 0.2) is 10.7 Å². The second-order valence-electron chi connectivity index (χ2n) is 9.27. The Labute approximate surface area is 217 Å². The van der Waals surface area contributed by atoms with Crippen molar-refractivity contribution in [1.82, 2.24) is 10.3 Å². The number of oxazole rings is 1. The molecule has 0 fully saturated rings. The summed E-state index contributed by atoms with van der Waals surface area (Å²) >= 11 is 5.32. The number of ether oxygens (including phenoxy) is 1. The lowest BCUT2D eigenvalue weighted by molar-refractivity contribution is 0.0977. The van der Waals surface area contributed by atoms with Gasteiger partial charge in [0.2, 0.25) is 5.89 Å². The van der Waals surface area contributed by atoms with Crippen molar-refractivity contribution in [2.45, 2.75) is 40.0 Å². The van der Waals surface area contributed by atoms with Crippen LogP contribution in [-0.4, -0.2) is 22.6 Å². The molecule has 6 nitrogen and oxygen atoms in total. The summed E-state index contributed by atoms with van der Waals surface area (Å²) in [6, 6.07) is 20.7. The van der Waals surface area contributed by atoms with E-state index >= 15 is 0 Å². The number of anilines is 1. The van der Waals surface area contributed by atoms with Gasteiger partial charge in [0.1, 0.15) is 11.3 Å². The van der Waals surface area contributed by atoms with Gasteiger partial charge in [0.05, 0.1) is 6.61 Å². The van der Waals surface area contributed by atoms with Crippen LogP contribution < -0.4 is 15.4 Å². The van der Waals surface area contributed by atoms with Crippen molar-refractivity contribution in [1.29, 1.82) is 0 Å². The molecule has 0 aliphatic heterocycles. The maximum atomic E-state index is 12.5. The molecule has 1 atom stereocenters. The number of hydrogen-bond donors (Lipinski definition) is 2. The fraction of sp³-hybridized carbons (Fsp3) is 0.276. The van der Waals surface area contributed by atoms with Crippen LogP contribution in [0.25, 0.3) is 22.6 Å². The summed E-state index contributed by atoms with van der Waals surface area (Å²) in [6.45, 7) is 9.19. The number of hydrogen-bond acceptors (Lipinski definition) is 5. The molecule has 1 amide bonds. The van der Waals surface area contributed by atoms with E-state index in [9.17, 15) is 4.79 Å². The van der Waals surface area contributed by atoms with E-state index < -0.39 is 0 Å². The first-order valence-corrected chi connectivity index (χ1v) is 12.6. The Balaban J connectivity index is 1.36. The summed E-state index contributed by atoms with van der Waals surface area (Å²) in [4.78, 5) is 17.2. The van der Waals surface area contributed by atoms with Gasteiger partial charge >= 0.3 is 0 Å². The van der Waals surface area contributed by atoms with Gasteiger partial charge in [0.25, 0.3) is 5.91 Å². The molecule has 0 radical (unpaired) electrons. The number of fused-ring (bicyclic) bond motifs is 1. The SMILES string of the molecule is CC[C@H](C)c1ccc2oc(-c3ccc(NC(=S)NC(=O)c4ccc(OCC(C)C)cc4)cc3)nc2c1. The maximum absolute atomic E-state index is 12.5. The predicted octanol–water partition coefficient (Wildman–Crippen LogP) is 7.17. The highest BCUT2D eigenvalue weighted by atomic mass is 32.1. The van der Waals surface area contributed by atoms with E-state index in [0.29, 0.717) is 29.9 Å². The van der Waals surface area contributed by atoms with Gasteiger partial charge in [-0.1, -0.05) is 33.8 Å². The molecule has 1 heterocycles. The zero-order valence-corrected chi connectivity index (χ0v) is 21.8. The number of rotatable bonds is 8. The second-order valence-corrected chi connectivity index (χ2v) is 9.68. The molecule has 0 aliphatic rings. The maximum Gasteiger partial charge on any atom is 0.257 e. The first-order valence-electron chi connectivity index (χ1n) is 12.2. The van der Waals surface area contributed by atoms with Crippen molar-refractivity contribution >= 4 is 40.0 Å². The number of benzene rings is 3. The molecule has 2 N–H and O–H groups in total. The van der Waals surface area contributed by atoms with E-state index in [1.807, 2.05) is 30.3 Å². The van der Waals surface area contributed by atoms with Gasteiger partial charge in [-0.25, -0.2) is 4.98 Å². The van der Waals surface area contributed by atoms with Crippen molar-refractivity contribution in [3.8, 4) is 17.2 Å². The molecule has 186 valence electrons. The molecule has 7 heteroatoms. The normalized spacial score (nSPS) is 11.9. The number of aromatic nitrogens is 1. The number of nitrogens with zero attached hydrogens (tertiary/aromatic N) is 1. The van der Waals surface area contributed by atoms with Gasteiger partial charge < -0.3 is 14.5 Å². The first kappa shape index (κ1) is 25.4. The molecular formula is C29H31N3O3S. The van der Waals surface area contributed by atoms with Crippen LogP contribution in [0.1, 0.15) is 56.0 Å². The van der Waals surface area contributed by atoms with Crippen LogP contribution in [-0.2, 0) is 0 Å². The largest absolute Gasteiger partial charge is 0.493 e. The molecule has 4 aromatic rings. The minimum atomic E-state index is -0.289. The Morgan fingerprint density at radius 2 is 1.75 bits per heavy atom. The summed E-state index contributed by atoms with van der Waals surface area (Å²) in [5, 5.41) is 5.96. The minimum Gasteiger partial charge on any atom is -0.493 e. The average Bonchev–Trinajstić information content (AvgIpc) is 3.31. The highest BCUT2D eigenvalue weighted by Gasteiger charge is 2.12. The van der Waals surface area contributed by atoms with Crippen LogP contribution in [0, 0.1) is 5.92 Å². The molecule has 0 spiro atoms. The topological polar surface area (TPSA) is 76.4 Å². The Bertz CT molecular complexity index is 1340. The smallest absolute Gasteiger partial charge is 0.257 e. The Kier molecular flexibility index (Phi) is 8.00. The highest BCUT2D eigenvalue weighted by Crippen LogP contribution is 2.28. The zero-order chi connectivity index (χ0) is 25.7. The van der Waals surface area contributed by atoms with Crippen LogP contribution >= 0.6 is 12.2 Å². The molecule has 4 rings (SSSR count). The zero-order valence-electron chi connectivity index (χ0n) is 21.0. The third-order valence-corrected chi connectivity index (χ3v) is 6.11. The summed E-state index contributed by atoms with van der Waals surface area (Å²) < 4.78 is 11.6. The van der Waals surface area contributed by atoms with Gasteiger partial charge in [-0.15, -0.1) is 0 Å². The third-order valence-electron chi connectivity index (χ3n) is 5.91. The summed E-state index contributed by atoms with van der Waals surface area (Å²) in [5.41, 5.74) is 4.98.